The second-order valence-corrected chi connectivity index (χ2v) is 4.27. The van der Waals surface area contributed by atoms with Crippen molar-refractivity contribution in [3.63, 3.8) is 0 Å². The topological polar surface area (TPSA) is 66.5 Å². The highest BCUT2D eigenvalue weighted by Crippen LogP contribution is 2.12. The summed E-state index contributed by atoms with van der Waals surface area (Å²) in [5.41, 5.74) is 2.01. The summed E-state index contributed by atoms with van der Waals surface area (Å²) >= 11 is 0. The van der Waals surface area contributed by atoms with E-state index >= 15 is 0 Å². The van der Waals surface area contributed by atoms with Crippen molar-refractivity contribution in [3.8, 4) is 0 Å². The number of hydrogen-bond acceptors (Lipinski definition) is 4. The molecule has 19 heavy (non-hydrogen) atoms. The number of aromatic nitrogens is 4. The second-order valence-electron chi connectivity index (χ2n) is 4.27. The molecule has 0 atom stereocenters. The Kier molecular flexibility index (Phi) is 3.10. The first-order valence-electron chi connectivity index (χ1n) is 6.34. The van der Waals surface area contributed by atoms with Gasteiger partial charge in [0, 0.05) is 12.7 Å². The molecule has 0 aliphatic rings. The molecule has 3 rings (SSSR count). The number of anilines is 1. The first kappa shape index (κ1) is 11.6. The number of H-pyrrole nitrogens is 1. The van der Waals surface area contributed by atoms with Crippen LogP contribution >= 0.6 is 0 Å². The lowest BCUT2D eigenvalue weighted by Crippen LogP contribution is -2.04. The molecule has 3 aromatic rings. The van der Waals surface area contributed by atoms with Gasteiger partial charge < -0.3 is 10.3 Å². The van der Waals surface area contributed by atoms with Crippen LogP contribution in [-0.4, -0.2) is 26.5 Å². The zero-order valence-corrected chi connectivity index (χ0v) is 10.7. The standard InChI is InChI=1S/C14H15N5/c1-2-15-12-7-8-16-13(19-12)9-14-17-10-5-3-4-6-11(10)18-14/h3-8H,2,9H2,1H3,(H,17,18)(H,15,16,19). The maximum atomic E-state index is 4.53. The Morgan fingerprint density at radius 2 is 2.05 bits per heavy atom. The van der Waals surface area contributed by atoms with Gasteiger partial charge in [-0.3, -0.25) is 0 Å². The molecule has 0 saturated carbocycles. The average Bonchev–Trinajstić information content (AvgIpc) is 2.81. The summed E-state index contributed by atoms with van der Waals surface area (Å²) in [6.45, 7) is 2.89. The van der Waals surface area contributed by atoms with Crippen LogP contribution in [0.2, 0.25) is 0 Å². The van der Waals surface area contributed by atoms with Crippen LogP contribution in [0.4, 0.5) is 5.82 Å². The Balaban J connectivity index is 1.85. The lowest BCUT2D eigenvalue weighted by molar-refractivity contribution is 0.915. The number of fused-ring (bicyclic) bond motifs is 1. The highest BCUT2D eigenvalue weighted by molar-refractivity contribution is 5.74. The van der Waals surface area contributed by atoms with Gasteiger partial charge in [0.05, 0.1) is 17.5 Å². The third kappa shape index (κ3) is 2.54. The van der Waals surface area contributed by atoms with Crippen LogP contribution < -0.4 is 5.32 Å². The molecule has 96 valence electrons. The van der Waals surface area contributed by atoms with Crippen molar-refractivity contribution in [2.75, 3.05) is 11.9 Å². The van der Waals surface area contributed by atoms with Gasteiger partial charge in [0.2, 0.25) is 0 Å². The molecule has 0 fully saturated rings. The molecule has 0 unspecified atom stereocenters. The van der Waals surface area contributed by atoms with Crippen LogP contribution in [0.1, 0.15) is 18.6 Å². The summed E-state index contributed by atoms with van der Waals surface area (Å²) in [7, 11) is 0. The van der Waals surface area contributed by atoms with Gasteiger partial charge in [-0.05, 0) is 25.1 Å². The van der Waals surface area contributed by atoms with E-state index in [9.17, 15) is 0 Å². The molecule has 5 heteroatoms. The lowest BCUT2D eigenvalue weighted by atomic mass is 10.3. The van der Waals surface area contributed by atoms with Gasteiger partial charge in [-0.25, -0.2) is 15.0 Å². The Bertz CT molecular complexity index is 656. The van der Waals surface area contributed by atoms with Gasteiger partial charge in [0.25, 0.3) is 0 Å². The van der Waals surface area contributed by atoms with Crippen LogP contribution in [0.5, 0.6) is 0 Å². The molecule has 0 aliphatic carbocycles. The summed E-state index contributed by atoms with van der Waals surface area (Å²) in [6.07, 6.45) is 2.37. The third-order valence-corrected chi connectivity index (χ3v) is 2.83. The number of imidazole rings is 1. The van der Waals surface area contributed by atoms with E-state index in [1.807, 2.05) is 37.3 Å². The Morgan fingerprint density at radius 3 is 2.89 bits per heavy atom. The summed E-state index contributed by atoms with van der Waals surface area (Å²) in [5, 5.41) is 3.18. The van der Waals surface area contributed by atoms with Crippen LogP contribution in [0, 0.1) is 0 Å². The van der Waals surface area contributed by atoms with Crippen LogP contribution in [0.25, 0.3) is 11.0 Å². The minimum atomic E-state index is 0.605. The highest BCUT2D eigenvalue weighted by Gasteiger charge is 2.05. The molecular weight excluding hydrogens is 238 g/mol. The van der Waals surface area contributed by atoms with E-state index in [-0.39, 0.29) is 0 Å². The van der Waals surface area contributed by atoms with Crippen LogP contribution in [-0.2, 0) is 6.42 Å². The van der Waals surface area contributed by atoms with Crippen LogP contribution in [0.3, 0.4) is 0 Å². The molecule has 0 spiro atoms. The Morgan fingerprint density at radius 1 is 1.16 bits per heavy atom. The fourth-order valence-electron chi connectivity index (χ4n) is 2.00. The predicted octanol–water partition coefficient (Wildman–Crippen LogP) is 2.38. The summed E-state index contributed by atoms with van der Waals surface area (Å²) in [4.78, 5) is 16.5. The van der Waals surface area contributed by atoms with Crippen molar-refractivity contribution in [1.82, 2.24) is 19.9 Å². The number of para-hydroxylation sites is 2. The normalized spacial score (nSPS) is 10.8. The predicted molar refractivity (Wildman–Crippen MR) is 75.1 cm³/mol. The number of hydrogen-bond donors (Lipinski definition) is 2. The van der Waals surface area contributed by atoms with Gasteiger partial charge in [-0.1, -0.05) is 12.1 Å². The molecule has 0 radical (unpaired) electrons. The summed E-state index contributed by atoms with van der Waals surface area (Å²) in [6, 6.07) is 9.85. The average molecular weight is 253 g/mol. The molecule has 0 amide bonds. The fourth-order valence-corrected chi connectivity index (χ4v) is 2.00. The minimum Gasteiger partial charge on any atom is -0.370 e. The van der Waals surface area contributed by atoms with Crippen molar-refractivity contribution in [1.29, 1.82) is 0 Å². The fraction of sp³-hybridized carbons (Fsp3) is 0.214. The van der Waals surface area contributed by atoms with Gasteiger partial charge in [-0.15, -0.1) is 0 Å². The maximum absolute atomic E-state index is 4.53. The van der Waals surface area contributed by atoms with E-state index < -0.39 is 0 Å². The van der Waals surface area contributed by atoms with Crippen LogP contribution in [0.15, 0.2) is 36.5 Å². The van der Waals surface area contributed by atoms with E-state index in [0.717, 1.165) is 35.0 Å². The minimum absolute atomic E-state index is 0.605. The molecule has 2 heterocycles. The Labute approximate surface area is 111 Å². The first-order valence-corrected chi connectivity index (χ1v) is 6.34. The number of nitrogens with zero attached hydrogens (tertiary/aromatic N) is 3. The molecule has 0 saturated heterocycles. The number of rotatable bonds is 4. The SMILES string of the molecule is CCNc1ccnc(Cc2nc3ccccc3[nH]2)n1. The lowest BCUT2D eigenvalue weighted by Gasteiger charge is -2.03. The molecule has 5 nitrogen and oxygen atoms in total. The number of nitrogens with one attached hydrogen (secondary N) is 2. The largest absolute Gasteiger partial charge is 0.370 e. The van der Waals surface area contributed by atoms with Crippen molar-refractivity contribution >= 4 is 16.9 Å². The van der Waals surface area contributed by atoms with E-state index in [4.69, 9.17) is 0 Å². The monoisotopic (exact) mass is 253 g/mol. The van der Waals surface area contributed by atoms with Gasteiger partial charge in [0.15, 0.2) is 0 Å². The number of benzene rings is 1. The van der Waals surface area contributed by atoms with E-state index in [1.54, 1.807) is 6.20 Å². The zero-order chi connectivity index (χ0) is 13.1. The molecule has 2 N–H and O–H groups in total. The van der Waals surface area contributed by atoms with E-state index in [2.05, 4.69) is 25.3 Å². The molecule has 0 aliphatic heterocycles. The Hall–Kier alpha value is -2.43. The second kappa shape index (κ2) is 5.06. The van der Waals surface area contributed by atoms with E-state index in [1.165, 1.54) is 0 Å². The molecule has 2 aromatic heterocycles. The smallest absolute Gasteiger partial charge is 0.138 e. The van der Waals surface area contributed by atoms with Gasteiger partial charge >= 0.3 is 0 Å². The van der Waals surface area contributed by atoms with Crippen molar-refractivity contribution in [2.45, 2.75) is 13.3 Å². The zero-order valence-electron chi connectivity index (χ0n) is 10.7. The molecule has 1 aromatic carbocycles. The molecule has 0 bridgehead atoms. The number of aromatic amines is 1. The highest BCUT2D eigenvalue weighted by atomic mass is 15.0. The van der Waals surface area contributed by atoms with Crippen molar-refractivity contribution < 1.29 is 0 Å². The molecular formula is C14H15N5. The quantitative estimate of drug-likeness (QED) is 0.749. The van der Waals surface area contributed by atoms with Gasteiger partial charge in [0.1, 0.15) is 17.5 Å². The van der Waals surface area contributed by atoms with Crippen molar-refractivity contribution in [2.24, 2.45) is 0 Å². The third-order valence-electron chi connectivity index (χ3n) is 2.83. The summed E-state index contributed by atoms with van der Waals surface area (Å²) in [5.74, 6) is 2.50. The summed E-state index contributed by atoms with van der Waals surface area (Å²) < 4.78 is 0. The first-order chi connectivity index (χ1) is 9.35. The van der Waals surface area contributed by atoms with E-state index in [0.29, 0.717) is 6.42 Å². The van der Waals surface area contributed by atoms with Crippen molar-refractivity contribution in [3.05, 3.63) is 48.2 Å². The van der Waals surface area contributed by atoms with Gasteiger partial charge in [-0.2, -0.15) is 0 Å². The maximum Gasteiger partial charge on any atom is 0.138 e.